The minimum absolute atomic E-state index is 0.461. The lowest BCUT2D eigenvalue weighted by Gasteiger charge is -2.46. The Morgan fingerprint density at radius 2 is 0.486 bits per heavy atom. The first-order chi connectivity index (χ1) is 32.6. The molecule has 0 spiro atoms. The van der Waals surface area contributed by atoms with Crippen LogP contribution in [0.4, 0.5) is 0 Å². The molecule has 0 aromatic heterocycles. The third kappa shape index (κ3) is 9.85. The maximum absolute atomic E-state index is 4.22. The first kappa shape index (κ1) is 57.4. The van der Waals surface area contributed by atoms with E-state index in [9.17, 15) is 0 Å². The summed E-state index contributed by atoms with van der Waals surface area (Å²) in [7, 11) is -6.95. The topological polar surface area (TPSA) is 0 Å². The summed E-state index contributed by atoms with van der Waals surface area (Å²) >= 11 is 0. The molecule has 5 aromatic carbocycles. The van der Waals surface area contributed by atoms with Gasteiger partial charge in [-0.2, -0.15) is 20.1 Å². The molecule has 0 nitrogen and oxygen atoms in total. The van der Waals surface area contributed by atoms with Gasteiger partial charge in [0.05, 0.1) is 0 Å². The highest BCUT2D eigenvalue weighted by Gasteiger charge is 2.43. The Hall–Kier alpha value is -3.49. The minimum Gasteiger partial charge on any atom is -0.170 e. The number of rotatable bonds is 12. The molecule has 0 amide bonds. The number of hydrogen-bond acceptors (Lipinski definition) is 0. The quantitative estimate of drug-likeness (QED) is 0.0664. The molecule has 0 saturated heterocycles. The predicted octanol–water partition coefficient (Wildman–Crippen LogP) is 20.1. The molecule has 0 aliphatic rings. The van der Waals surface area contributed by atoms with E-state index >= 15 is 0 Å². The predicted molar refractivity (Wildman–Crippen MR) is 332 cm³/mol. The van der Waals surface area contributed by atoms with E-state index in [4.69, 9.17) is 0 Å². The van der Waals surface area contributed by atoms with Gasteiger partial charge >= 0.3 is 0 Å². The third-order valence-electron chi connectivity index (χ3n) is 17.1. The van der Waals surface area contributed by atoms with Crippen molar-refractivity contribution in [2.45, 2.75) is 231 Å². The Kier molecular flexibility index (Phi) is 18.3. The van der Waals surface area contributed by atoms with Crippen molar-refractivity contribution < 1.29 is 0 Å². The Bertz CT molecular complexity index is 2470. The Labute approximate surface area is 435 Å². The number of hydrogen-bond donors (Lipinski definition) is 0. The number of benzene rings is 5. The molecule has 0 aliphatic heterocycles. The van der Waals surface area contributed by atoms with Crippen LogP contribution >= 0.6 is 20.1 Å². The van der Waals surface area contributed by atoms with Crippen LogP contribution in [-0.4, -0.2) is 47.6 Å². The standard InChI is InChI=1S/C66H94S2Si2/c1-43(2)67(44(3)4,45(5)6)37-33-59-55-29-25-27-31-57(55)61(35-39-69(49(13)14,50(15)16)51(17)18)65-42-66-62(36-40-70(52(19)20,53(21)22)54(23)24)58-32-28-26-30-56(58)60(64(66)41-63(59)65)34-38-68(46(7)8,47(9)10)48(11)12/h25-32,41-54H,1-24H3. The van der Waals surface area contributed by atoms with Gasteiger partial charge in [0.15, 0.2) is 0 Å². The molecule has 4 heteroatoms. The molecule has 5 aromatic rings. The molecule has 5 rings (SSSR count). The van der Waals surface area contributed by atoms with Crippen molar-refractivity contribution in [3.63, 3.8) is 0 Å². The van der Waals surface area contributed by atoms with E-state index in [1.807, 2.05) is 0 Å². The van der Waals surface area contributed by atoms with Crippen molar-refractivity contribution in [1.29, 1.82) is 0 Å². The largest absolute Gasteiger partial charge is 0.170 e. The molecule has 0 fully saturated rings. The summed E-state index contributed by atoms with van der Waals surface area (Å²) in [5, 5.41) is 20.6. The summed E-state index contributed by atoms with van der Waals surface area (Å²) in [6.07, 6.45) is 0. The van der Waals surface area contributed by atoms with Crippen LogP contribution in [0.3, 0.4) is 0 Å². The van der Waals surface area contributed by atoms with Crippen molar-refractivity contribution in [2.75, 3.05) is 0 Å². The smallest absolute Gasteiger partial charge is 0.146 e. The van der Waals surface area contributed by atoms with Crippen LogP contribution < -0.4 is 0 Å². The zero-order valence-electron chi connectivity index (χ0n) is 48.5. The monoisotopic (exact) mass is 1010 g/mol. The van der Waals surface area contributed by atoms with Crippen molar-refractivity contribution in [3.8, 4) is 45.3 Å². The van der Waals surface area contributed by atoms with Gasteiger partial charge in [-0.25, -0.2) is 0 Å². The molecule has 0 atom stereocenters. The van der Waals surface area contributed by atoms with Gasteiger partial charge in [0.1, 0.15) is 16.1 Å². The highest BCUT2D eigenvalue weighted by atomic mass is 32.3. The average Bonchev–Trinajstić information content (AvgIpc) is 3.25. The summed E-state index contributed by atoms with van der Waals surface area (Å²) in [5.41, 5.74) is 16.0. The fraction of sp³-hybridized carbons (Fsp3) is 0.545. The fourth-order valence-electron chi connectivity index (χ4n) is 13.8. The summed E-state index contributed by atoms with van der Waals surface area (Å²) in [6, 6.07) is 23.1. The SMILES string of the molecule is CC(C)[Si](C#Cc1c2ccccc2c(C#CS(C(C)C)(C(C)C)C(C)C)c2cc3c(C#CS(C(C)C)(C(C)C)C(C)C)c4ccccc4c(C#C[Si](C(C)C)(C(C)C)C(C)C)c3cc12)(C(C)C)C(C)C. The lowest BCUT2D eigenvalue weighted by atomic mass is 9.86. The molecule has 0 bridgehead atoms. The van der Waals surface area contributed by atoms with Crippen LogP contribution in [0.2, 0.25) is 33.2 Å². The molecular weight excluding hydrogens is 913 g/mol. The Morgan fingerprint density at radius 3 is 0.671 bits per heavy atom. The summed E-state index contributed by atoms with van der Waals surface area (Å²) in [4.78, 5) is 0. The second kappa shape index (κ2) is 22.3. The summed E-state index contributed by atoms with van der Waals surface area (Å²) in [6.45, 7) is 58.0. The molecule has 0 N–H and O–H groups in total. The van der Waals surface area contributed by atoms with Crippen LogP contribution in [0.5, 0.6) is 0 Å². The molecule has 378 valence electrons. The van der Waals surface area contributed by atoms with E-state index in [1.54, 1.807) is 0 Å². The van der Waals surface area contributed by atoms with E-state index in [0.717, 1.165) is 22.3 Å². The van der Waals surface area contributed by atoms with Gasteiger partial charge in [0.25, 0.3) is 0 Å². The molecule has 0 saturated carbocycles. The minimum atomic E-state index is -2.13. The van der Waals surface area contributed by atoms with E-state index in [-0.39, 0.29) is 0 Å². The maximum Gasteiger partial charge on any atom is 0.146 e. The van der Waals surface area contributed by atoms with Crippen molar-refractivity contribution >= 4 is 79.3 Å². The first-order valence-electron chi connectivity index (χ1n) is 27.2. The lowest BCUT2D eigenvalue weighted by Crippen LogP contribution is -2.43. The summed E-state index contributed by atoms with van der Waals surface area (Å²) < 4.78 is 0. The molecule has 0 heterocycles. The van der Waals surface area contributed by atoms with Gasteiger partial charge in [0, 0.05) is 22.3 Å². The number of fused-ring (bicyclic) bond motifs is 4. The molecule has 0 unspecified atom stereocenters. The molecular formula is C66H94S2Si2. The van der Waals surface area contributed by atoms with Crippen molar-refractivity contribution in [1.82, 2.24) is 0 Å². The highest BCUT2D eigenvalue weighted by molar-refractivity contribution is 8.39. The third-order valence-corrected chi connectivity index (χ3v) is 39.9. The van der Waals surface area contributed by atoms with E-state index in [2.05, 4.69) is 272 Å². The molecule has 0 radical (unpaired) electrons. The van der Waals surface area contributed by atoms with Crippen LogP contribution in [-0.2, 0) is 0 Å². The normalized spacial score (nSPS) is 13.5. The zero-order chi connectivity index (χ0) is 52.6. The maximum atomic E-state index is 4.22. The van der Waals surface area contributed by atoms with Crippen LogP contribution in [0.15, 0.2) is 60.7 Å². The van der Waals surface area contributed by atoms with Gasteiger partial charge in [-0.05, 0) is 130 Å². The average molecular weight is 1010 g/mol. The second-order valence-electron chi connectivity index (χ2n) is 24.1. The zero-order valence-corrected chi connectivity index (χ0v) is 52.2. The van der Waals surface area contributed by atoms with Gasteiger partial charge < -0.3 is 0 Å². The Morgan fingerprint density at radius 1 is 0.286 bits per heavy atom. The van der Waals surface area contributed by atoms with Crippen LogP contribution in [0.1, 0.15) is 188 Å². The highest BCUT2D eigenvalue weighted by Crippen LogP contribution is 2.61. The Balaban J connectivity index is 2.26. The van der Waals surface area contributed by atoms with E-state index in [0.29, 0.717) is 64.7 Å². The van der Waals surface area contributed by atoms with Crippen LogP contribution in [0.25, 0.3) is 43.1 Å². The molecule has 70 heavy (non-hydrogen) atoms. The lowest BCUT2D eigenvalue weighted by molar-refractivity contribution is 0.838. The van der Waals surface area contributed by atoms with E-state index < -0.39 is 36.2 Å². The first-order valence-corrected chi connectivity index (χ1v) is 35.3. The van der Waals surface area contributed by atoms with Gasteiger partial charge in [-0.1, -0.05) is 238 Å². The van der Waals surface area contributed by atoms with Gasteiger partial charge in [-0.15, -0.1) is 11.1 Å². The second-order valence-corrected chi connectivity index (χ2v) is 44.4. The van der Waals surface area contributed by atoms with Crippen LogP contribution in [0, 0.1) is 45.3 Å². The van der Waals surface area contributed by atoms with Gasteiger partial charge in [-0.3, -0.25) is 0 Å². The molecule has 0 aliphatic carbocycles. The van der Waals surface area contributed by atoms with Crippen molar-refractivity contribution in [3.05, 3.63) is 82.9 Å². The van der Waals surface area contributed by atoms with Gasteiger partial charge in [0.2, 0.25) is 0 Å². The van der Waals surface area contributed by atoms with E-state index in [1.165, 1.54) is 43.1 Å². The van der Waals surface area contributed by atoms with Crippen molar-refractivity contribution in [2.24, 2.45) is 0 Å². The fourth-order valence-corrected chi connectivity index (χ4v) is 32.8. The summed E-state index contributed by atoms with van der Waals surface area (Å²) in [5.74, 6) is 16.4.